The lowest BCUT2D eigenvalue weighted by molar-refractivity contribution is -0.147. The molecule has 0 heterocycles. The molecule has 1 aromatic rings. The topological polar surface area (TPSA) is 72.9 Å². The van der Waals surface area contributed by atoms with Gasteiger partial charge in [-0.05, 0) is 31.9 Å². The van der Waals surface area contributed by atoms with Crippen LogP contribution in [0.15, 0.2) is 18.2 Å². The van der Waals surface area contributed by atoms with Crippen molar-refractivity contribution in [1.82, 2.24) is 0 Å². The molecule has 0 radical (unpaired) electrons. The molecule has 0 saturated carbocycles. The number of hydrogen-bond donors (Lipinski definition) is 0. The van der Waals surface area contributed by atoms with Crippen LogP contribution in [0.4, 0.5) is 5.69 Å². The molecule has 0 N–H and O–H groups in total. The van der Waals surface area contributed by atoms with Crippen molar-refractivity contribution in [2.24, 2.45) is 0 Å². The molecule has 0 fully saturated rings. The van der Waals surface area contributed by atoms with E-state index in [0.717, 1.165) is 11.1 Å². The van der Waals surface area contributed by atoms with Crippen molar-refractivity contribution >= 4 is 23.5 Å². The number of aryl methyl sites for hydroxylation is 2. The summed E-state index contributed by atoms with van der Waals surface area (Å²) in [5.41, 5.74) is 2.30. The fourth-order valence-electron chi connectivity index (χ4n) is 2.23. The van der Waals surface area contributed by atoms with Crippen LogP contribution >= 0.6 is 0 Å². The van der Waals surface area contributed by atoms with Crippen molar-refractivity contribution in [2.75, 3.05) is 18.6 Å². The molecule has 1 aromatic carbocycles. The molecule has 6 heteroatoms. The van der Waals surface area contributed by atoms with Gasteiger partial charge in [-0.1, -0.05) is 18.2 Å². The third-order valence-corrected chi connectivity index (χ3v) is 3.28. The summed E-state index contributed by atoms with van der Waals surface area (Å²) < 4.78 is 9.50. The molecular formula is C16H21NO5. The van der Waals surface area contributed by atoms with Gasteiger partial charge in [0.05, 0.1) is 12.8 Å². The van der Waals surface area contributed by atoms with Gasteiger partial charge in [0.25, 0.3) is 5.91 Å². The van der Waals surface area contributed by atoms with Gasteiger partial charge in [0, 0.05) is 6.92 Å². The molecule has 0 aliphatic carbocycles. The van der Waals surface area contributed by atoms with Crippen molar-refractivity contribution in [3.8, 4) is 0 Å². The van der Waals surface area contributed by atoms with Gasteiger partial charge in [-0.2, -0.15) is 0 Å². The maximum absolute atomic E-state index is 12.5. The lowest BCUT2D eigenvalue weighted by atomic mass is 10.1. The molecule has 0 aliphatic heterocycles. The molecule has 0 aromatic heterocycles. The summed E-state index contributed by atoms with van der Waals surface area (Å²) in [5.74, 6) is -1.58. The van der Waals surface area contributed by atoms with Crippen LogP contribution in [0.5, 0.6) is 0 Å². The van der Waals surface area contributed by atoms with E-state index in [2.05, 4.69) is 0 Å². The number of carbonyl (C=O) groups is 3. The minimum atomic E-state index is -0.826. The SMILES string of the molecule is COC(=O)C(C)N(C(=O)COC(C)=O)c1c(C)cccc1C. The second-order valence-corrected chi connectivity index (χ2v) is 4.98. The van der Waals surface area contributed by atoms with E-state index < -0.39 is 30.5 Å². The number of nitrogens with zero attached hydrogens (tertiary/aromatic N) is 1. The Morgan fingerprint density at radius 2 is 1.73 bits per heavy atom. The quantitative estimate of drug-likeness (QED) is 0.775. The number of hydrogen-bond acceptors (Lipinski definition) is 5. The number of para-hydroxylation sites is 1. The van der Waals surface area contributed by atoms with Crippen LogP contribution in [0.25, 0.3) is 0 Å². The van der Waals surface area contributed by atoms with Crippen molar-refractivity contribution in [3.05, 3.63) is 29.3 Å². The highest BCUT2D eigenvalue weighted by Gasteiger charge is 2.30. The van der Waals surface area contributed by atoms with E-state index in [0.29, 0.717) is 5.69 Å². The van der Waals surface area contributed by atoms with Gasteiger partial charge in [-0.15, -0.1) is 0 Å². The van der Waals surface area contributed by atoms with E-state index in [9.17, 15) is 14.4 Å². The van der Waals surface area contributed by atoms with Gasteiger partial charge >= 0.3 is 11.9 Å². The van der Waals surface area contributed by atoms with Gasteiger partial charge in [-0.25, -0.2) is 4.79 Å². The van der Waals surface area contributed by atoms with Crippen molar-refractivity contribution in [1.29, 1.82) is 0 Å². The summed E-state index contributed by atoms with van der Waals surface area (Å²) in [6, 6.07) is 4.73. The highest BCUT2D eigenvalue weighted by atomic mass is 16.5. The van der Waals surface area contributed by atoms with Gasteiger partial charge in [0.2, 0.25) is 0 Å². The van der Waals surface area contributed by atoms with E-state index in [-0.39, 0.29) is 0 Å². The Kier molecular flexibility index (Phi) is 6.10. The Balaban J connectivity index is 3.24. The second-order valence-electron chi connectivity index (χ2n) is 4.98. The molecule has 0 saturated heterocycles. The highest BCUT2D eigenvalue weighted by Crippen LogP contribution is 2.27. The van der Waals surface area contributed by atoms with Crippen LogP contribution in [0.1, 0.15) is 25.0 Å². The van der Waals surface area contributed by atoms with Crippen LogP contribution in [0.3, 0.4) is 0 Å². The molecule has 0 spiro atoms. The van der Waals surface area contributed by atoms with Gasteiger partial charge in [-0.3, -0.25) is 14.5 Å². The van der Waals surface area contributed by atoms with Crippen LogP contribution in [0, 0.1) is 13.8 Å². The maximum Gasteiger partial charge on any atom is 0.328 e. The fraction of sp³-hybridized carbons (Fsp3) is 0.438. The number of ether oxygens (including phenoxy) is 2. The fourth-order valence-corrected chi connectivity index (χ4v) is 2.23. The van der Waals surface area contributed by atoms with Crippen LogP contribution in [0.2, 0.25) is 0 Å². The lowest BCUT2D eigenvalue weighted by Crippen LogP contribution is -2.46. The third-order valence-electron chi connectivity index (χ3n) is 3.28. The zero-order chi connectivity index (χ0) is 16.9. The first kappa shape index (κ1) is 17.7. The van der Waals surface area contributed by atoms with E-state index in [4.69, 9.17) is 9.47 Å². The van der Waals surface area contributed by atoms with Crippen LogP contribution < -0.4 is 4.90 Å². The van der Waals surface area contributed by atoms with E-state index in [1.165, 1.54) is 18.9 Å². The van der Waals surface area contributed by atoms with Crippen LogP contribution in [-0.4, -0.2) is 37.6 Å². The summed E-state index contributed by atoms with van der Waals surface area (Å²) in [6.07, 6.45) is 0. The predicted molar refractivity (Wildman–Crippen MR) is 81.5 cm³/mol. The molecule has 0 aliphatic rings. The molecule has 1 rings (SSSR count). The Morgan fingerprint density at radius 3 is 2.18 bits per heavy atom. The average molecular weight is 307 g/mol. The summed E-state index contributed by atoms with van der Waals surface area (Å²) in [6.45, 7) is 6.06. The summed E-state index contributed by atoms with van der Waals surface area (Å²) in [7, 11) is 1.26. The predicted octanol–water partition coefficient (Wildman–Crippen LogP) is 1.76. The minimum absolute atomic E-state index is 0.426. The number of amides is 1. The summed E-state index contributed by atoms with van der Waals surface area (Å²) in [5, 5.41) is 0. The third kappa shape index (κ3) is 4.07. The lowest BCUT2D eigenvalue weighted by Gasteiger charge is -2.30. The Labute approximate surface area is 130 Å². The zero-order valence-electron chi connectivity index (χ0n) is 13.5. The first-order valence-electron chi connectivity index (χ1n) is 6.89. The average Bonchev–Trinajstić information content (AvgIpc) is 2.47. The zero-order valence-corrected chi connectivity index (χ0v) is 13.5. The van der Waals surface area contributed by atoms with Crippen LogP contribution in [-0.2, 0) is 23.9 Å². The standard InChI is InChI=1S/C16H21NO5/c1-10-7-6-8-11(2)15(10)17(12(3)16(20)21-5)14(19)9-22-13(4)18/h6-8,12H,9H2,1-5H3. The Bertz CT molecular complexity index is 562. The van der Waals surface area contributed by atoms with E-state index in [1.54, 1.807) is 6.92 Å². The number of methoxy groups -OCH3 is 1. The van der Waals surface area contributed by atoms with Gasteiger partial charge < -0.3 is 9.47 Å². The maximum atomic E-state index is 12.5. The smallest absolute Gasteiger partial charge is 0.328 e. The van der Waals surface area contributed by atoms with E-state index >= 15 is 0 Å². The molecule has 6 nitrogen and oxygen atoms in total. The Hall–Kier alpha value is -2.37. The molecule has 1 unspecified atom stereocenters. The monoisotopic (exact) mass is 307 g/mol. The van der Waals surface area contributed by atoms with Crippen molar-refractivity contribution in [2.45, 2.75) is 33.7 Å². The van der Waals surface area contributed by atoms with Crippen molar-refractivity contribution < 1.29 is 23.9 Å². The van der Waals surface area contributed by atoms with Gasteiger partial charge in [0.15, 0.2) is 6.61 Å². The van der Waals surface area contributed by atoms with E-state index in [1.807, 2.05) is 32.0 Å². The first-order valence-corrected chi connectivity index (χ1v) is 6.89. The molecule has 0 bridgehead atoms. The van der Waals surface area contributed by atoms with Gasteiger partial charge in [0.1, 0.15) is 6.04 Å². The first-order chi connectivity index (χ1) is 10.3. The Morgan fingerprint density at radius 1 is 1.18 bits per heavy atom. The molecule has 120 valence electrons. The molecular weight excluding hydrogens is 286 g/mol. The summed E-state index contributed by atoms with van der Waals surface area (Å²) >= 11 is 0. The number of carbonyl (C=O) groups excluding carboxylic acids is 3. The van der Waals surface area contributed by atoms with Crippen molar-refractivity contribution in [3.63, 3.8) is 0 Å². The molecule has 22 heavy (non-hydrogen) atoms. The summed E-state index contributed by atoms with van der Waals surface area (Å²) in [4.78, 5) is 36.6. The molecule has 1 atom stereocenters. The largest absolute Gasteiger partial charge is 0.467 e. The highest BCUT2D eigenvalue weighted by molar-refractivity contribution is 6.01. The molecule has 1 amide bonds. The number of esters is 2. The number of rotatable bonds is 5. The number of anilines is 1. The minimum Gasteiger partial charge on any atom is -0.467 e. The second kappa shape index (κ2) is 7.59. The number of benzene rings is 1. The normalized spacial score (nSPS) is 11.5.